The molecule has 1 aliphatic rings. The molecule has 0 spiro atoms. The number of hydrogen-bond donors (Lipinski definition) is 0. The van der Waals surface area contributed by atoms with Crippen molar-refractivity contribution >= 4 is 21.2 Å². The molecule has 1 aromatic heterocycles. The van der Waals surface area contributed by atoms with Crippen LogP contribution in [0.3, 0.4) is 0 Å². The summed E-state index contributed by atoms with van der Waals surface area (Å²) in [6, 6.07) is 3.28. The van der Waals surface area contributed by atoms with E-state index in [0.717, 1.165) is 23.0 Å². The Morgan fingerprint density at radius 2 is 2.11 bits per heavy atom. The molecule has 8 nitrogen and oxygen atoms in total. The maximum Gasteiger partial charge on any atom is 0.295 e. The Kier molecular flexibility index (Phi) is 4.94. The van der Waals surface area contributed by atoms with E-state index in [0.29, 0.717) is 18.7 Å². The zero-order chi connectivity index (χ0) is 19.9. The fourth-order valence-corrected chi connectivity index (χ4v) is 5.23. The zero-order valence-electron chi connectivity index (χ0n) is 15.3. The molecule has 146 valence electrons. The number of aryl methyl sites for hydroxylation is 1. The fourth-order valence-electron chi connectivity index (χ4n) is 3.54. The molecule has 1 fully saturated rings. The van der Waals surface area contributed by atoms with Gasteiger partial charge in [-0.2, -0.15) is 5.10 Å². The summed E-state index contributed by atoms with van der Waals surface area (Å²) < 4.78 is 38.7. The Labute approximate surface area is 156 Å². The Balaban J connectivity index is 1.90. The summed E-state index contributed by atoms with van der Waals surface area (Å²) in [4.78, 5) is 12.3. The van der Waals surface area contributed by atoms with E-state index >= 15 is 0 Å². The summed E-state index contributed by atoms with van der Waals surface area (Å²) in [6.07, 6.45) is 0.531. The summed E-state index contributed by atoms with van der Waals surface area (Å²) in [5.41, 5.74) is 2.46. The molecule has 0 bridgehead atoms. The van der Waals surface area contributed by atoms with Gasteiger partial charge in [-0.1, -0.05) is 0 Å². The second-order valence-corrected chi connectivity index (χ2v) is 9.13. The quantitative estimate of drug-likeness (QED) is 0.569. The third-order valence-electron chi connectivity index (χ3n) is 4.97. The van der Waals surface area contributed by atoms with E-state index < -0.39 is 20.6 Å². The second kappa shape index (κ2) is 6.91. The minimum Gasteiger partial charge on any atom is -0.365 e. The first kappa shape index (κ1) is 19.3. The normalized spacial score (nSPS) is 18.6. The lowest BCUT2D eigenvalue weighted by atomic mass is 10.1. The summed E-state index contributed by atoms with van der Waals surface area (Å²) in [5.74, 6) is -0.428. The van der Waals surface area contributed by atoms with Crippen LogP contribution >= 0.6 is 0 Å². The highest BCUT2D eigenvalue weighted by atomic mass is 32.2. The number of rotatable bonds is 5. The number of benzene rings is 1. The van der Waals surface area contributed by atoms with E-state index in [1.807, 2.05) is 13.8 Å². The molecule has 2 aromatic rings. The second-order valence-electron chi connectivity index (χ2n) is 6.90. The fraction of sp³-hybridized carbons (Fsp3) is 0.471. The van der Waals surface area contributed by atoms with Crippen molar-refractivity contribution < 1.29 is 17.7 Å². The van der Waals surface area contributed by atoms with Gasteiger partial charge in [0.25, 0.3) is 5.69 Å². The monoisotopic (exact) mass is 396 g/mol. The van der Waals surface area contributed by atoms with Crippen LogP contribution in [0.15, 0.2) is 18.2 Å². The SMILES string of the molecule is Cc1nn([C@H]2CCS(=O)(=O)C2)c(C)c1CN(C)c1ccc(F)cc1[N+](=O)[O-]. The molecular weight excluding hydrogens is 375 g/mol. The van der Waals surface area contributed by atoms with Gasteiger partial charge in [0.1, 0.15) is 11.5 Å². The average molecular weight is 396 g/mol. The van der Waals surface area contributed by atoms with Gasteiger partial charge in [0.15, 0.2) is 9.84 Å². The number of nitro groups is 1. The first-order chi connectivity index (χ1) is 12.6. The predicted molar refractivity (Wildman–Crippen MR) is 99.2 cm³/mol. The van der Waals surface area contributed by atoms with E-state index in [-0.39, 0.29) is 23.2 Å². The molecule has 0 N–H and O–H groups in total. The Hall–Kier alpha value is -2.49. The van der Waals surface area contributed by atoms with Crippen molar-refractivity contribution in [2.75, 3.05) is 23.5 Å². The van der Waals surface area contributed by atoms with Gasteiger partial charge < -0.3 is 4.90 Å². The standard InChI is InChI=1S/C17H21FN4O4S/c1-11-15(12(2)21(19-11)14-6-7-27(25,26)10-14)9-20(3)16-5-4-13(18)8-17(16)22(23)24/h4-5,8,14H,6-7,9-10H2,1-3H3/t14-/m0/s1. The highest BCUT2D eigenvalue weighted by molar-refractivity contribution is 7.91. The van der Waals surface area contributed by atoms with Gasteiger partial charge >= 0.3 is 0 Å². The van der Waals surface area contributed by atoms with Gasteiger partial charge in [-0.3, -0.25) is 14.8 Å². The first-order valence-electron chi connectivity index (χ1n) is 8.49. The van der Waals surface area contributed by atoms with Crippen molar-refractivity contribution in [3.05, 3.63) is 51.1 Å². The lowest BCUT2D eigenvalue weighted by Crippen LogP contribution is -2.19. The number of aromatic nitrogens is 2. The van der Waals surface area contributed by atoms with Crippen LogP contribution in [0.1, 0.15) is 29.4 Å². The number of nitrogens with zero attached hydrogens (tertiary/aromatic N) is 4. The van der Waals surface area contributed by atoms with Crippen LogP contribution in [-0.2, 0) is 16.4 Å². The molecule has 1 saturated heterocycles. The maximum absolute atomic E-state index is 13.4. The minimum atomic E-state index is -3.03. The van der Waals surface area contributed by atoms with Gasteiger partial charge in [0, 0.05) is 24.8 Å². The van der Waals surface area contributed by atoms with Crippen LogP contribution in [0.4, 0.5) is 15.8 Å². The van der Waals surface area contributed by atoms with E-state index in [1.165, 1.54) is 12.1 Å². The number of hydrogen-bond acceptors (Lipinski definition) is 6. The van der Waals surface area contributed by atoms with Crippen molar-refractivity contribution in [2.24, 2.45) is 0 Å². The van der Waals surface area contributed by atoms with Gasteiger partial charge in [-0.25, -0.2) is 12.8 Å². The minimum absolute atomic E-state index is 0.0771. The van der Waals surface area contributed by atoms with Crippen molar-refractivity contribution in [1.29, 1.82) is 0 Å². The van der Waals surface area contributed by atoms with Crippen LogP contribution < -0.4 is 4.90 Å². The molecule has 0 amide bonds. The molecule has 0 unspecified atom stereocenters. The highest BCUT2D eigenvalue weighted by Gasteiger charge is 2.31. The molecule has 27 heavy (non-hydrogen) atoms. The van der Waals surface area contributed by atoms with E-state index in [4.69, 9.17) is 0 Å². The van der Waals surface area contributed by atoms with Crippen molar-refractivity contribution in [3.63, 3.8) is 0 Å². The summed E-state index contributed by atoms with van der Waals surface area (Å²) in [5, 5.41) is 15.8. The van der Waals surface area contributed by atoms with Gasteiger partial charge in [0.2, 0.25) is 0 Å². The largest absolute Gasteiger partial charge is 0.365 e. The third kappa shape index (κ3) is 3.80. The third-order valence-corrected chi connectivity index (χ3v) is 6.72. The number of sulfone groups is 1. The van der Waals surface area contributed by atoms with Crippen LogP contribution in [0.2, 0.25) is 0 Å². The Morgan fingerprint density at radius 3 is 2.70 bits per heavy atom. The van der Waals surface area contributed by atoms with E-state index in [9.17, 15) is 22.9 Å². The van der Waals surface area contributed by atoms with Gasteiger partial charge in [0.05, 0.1) is 34.2 Å². The Bertz CT molecular complexity index is 1000. The van der Waals surface area contributed by atoms with Crippen LogP contribution in [0, 0.1) is 29.8 Å². The molecular formula is C17H21FN4O4S. The highest BCUT2D eigenvalue weighted by Crippen LogP contribution is 2.31. The summed E-state index contributed by atoms with van der Waals surface area (Å²) in [7, 11) is -1.34. The van der Waals surface area contributed by atoms with Gasteiger partial charge in [-0.15, -0.1) is 0 Å². The lowest BCUT2D eigenvalue weighted by Gasteiger charge is -2.20. The maximum atomic E-state index is 13.4. The summed E-state index contributed by atoms with van der Waals surface area (Å²) in [6.45, 7) is 4.03. The number of nitro benzene ring substituents is 1. The molecule has 0 aliphatic carbocycles. The molecule has 1 atom stereocenters. The number of anilines is 1. The lowest BCUT2D eigenvalue weighted by molar-refractivity contribution is -0.384. The predicted octanol–water partition coefficient (Wildman–Crippen LogP) is 2.54. The van der Waals surface area contributed by atoms with Crippen LogP contribution in [-0.4, -0.2) is 41.7 Å². The molecule has 0 saturated carbocycles. The topological polar surface area (TPSA) is 98.3 Å². The van der Waals surface area contributed by atoms with Gasteiger partial charge in [-0.05, 0) is 32.4 Å². The molecule has 10 heteroatoms. The van der Waals surface area contributed by atoms with E-state index in [1.54, 1.807) is 16.6 Å². The van der Waals surface area contributed by atoms with Crippen molar-refractivity contribution in [2.45, 2.75) is 32.9 Å². The van der Waals surface area contributed by atoms with Crippen molar-refractivity contribution in [1.82, 2.24) is 9.78 Å². The average Bonchev–Trinajstić information content (AvgIpc) is 3.08. The molecule has 0 radical (unpaired) electrons. The molecule has 2 heterocycles. The number of halogens is 1. The van der Waals surface area contributed by atoms with Crippen LogP contribution in [0.25, 0.3) is 0 Å². The Morgan fingerprint density at radius 1 is 1.41 bits per heavy atom. The van der Waals surface area contributed by atoms with Crippen molar-refractivity contribution in [3.8, 4) is 0 Å². The van der Waals surface area contributed by atoms with Crippen LogP contribution in [0.5, 0.6) is 0 Å². The molecule has 3 rings (SSSR count). The molecule has 1 aromatic carbocycles. The summed E-state index contributed by atoms with van der Waals surface area (Å²) >= 11 is 0. The van der Waals surface area contributed by atoms with E-state index in [2.05, 4.69) is 5.10 Å². The zero-order valence-corrected chi connectivity index (χ0v) is 16.2. The first-order valence-corrected chi connectivity index (χ1v) is 10.3. The smallest absolute Gasteiger partial charge is 0.295 e. The molecule has 1 aliphatic heterocycles.